The molecular formula is C13H27N3O2S2. The topological polar surface area (TPSA) is 61.4 Å². The summed E-state index contributed by atoms with van der Waals surface area (Å²) >= 11 is 1.75. The first-order valence-electron chi connectivity index (χ1n) is 7.59. The lowest BCUT2D eigenvalue weighted by molar-refractivity contribution is 0.257. The minimum Gasteiger partial charge on any atom is -0.314 e. The highest BCUT2D eigenvalue weighted by Crippen LogP contribution is 2.22. The van der Waals surface area contributed by atoms with Crippen LogP contribution in [0.2, 0.25) is 0 Å². The molecule has 1 saturated carbocycles. The molecule has 0 radical (unpaired) electrons. The Balaban J connectivity index is 1.74. The summed E-state index contributed by atoms with van der Waals surface area (Å²) in [6.45, 7) is 2.84. The highest BCUT2D eigenvalue weighted by Gasteiger charge is 2.29. The van der Waals surface area contributed by atoms with E-state index in [1.807, 2.05) is 6.26 Å². The van der Waals surface area contributed by atoms with Crippen molar-refractivity contribution in [2.24, 2.45) is 5.92 Å². The van der Waals surface area contributed by atoms with Crippen LogP contribution in [0.1, 0.15) is 32.1 Å². The molecule has 0 aromatic heterocycles. The number of nitrogens with one attached hydrogen (secondary N) is 2. The Bertz CT molecular complexity index is 385. The zero-order valence-corrected chi connectivity index (χ0v) is 13.9. The Morgan fingerprint density at radius 2 is 2.10 bits per heavy atom. The molecule has 2 fully saturated rings. The van der Waals surface area contributed by atoms with Crippen molar-refractivity contribution < 1.29 is 8.42 Å². The van der Waals surface area contributed by atoms with Crippen LogP contribution < -0.4 is 10.0 Å². The van der Waals surface area contributed by atoms with Gasteiger partial charge in [-0.05, 0) is 56.6 Å². The van der Waals surface area contributed by atoms with Crippen molar-refractivity contribution >= 4 is 22.0 Å². The molecule has 1 heterocycles. The van der Waals surface area contributed by atoms with E-state index in [0.29, 0.717) is 31.6 Å². The molecule has 2 aliphatic rings. The van der Waals surface area contributed by atoms with E-state index in [4.69, 9.17) is 0 Å². The molecular weight excluding hydrogens is 294 g/mol. The van der Waals surface area contributed by atoms with Crippen molar-refractivity contribution in [2.45, 2.75) is 38.1 Å². The third kappa shape index (κ3) is 5.52. The van der Waals surface area contributed by atoms with Crippen LogP contribution in [0, 0.1) is 5.92 Å². The number of nitrogens with zero attached hydrogens (tertiary/aromatic N) is 1. The molecule has 0 aromatic rings. The first kappa shape index (κ1) is 16.5. The van der Waals surface area contributed by atoms with E-state index in [1.165, 1.54) is 12.8 Å². The maximum absolute atomic E-state index is 12.2. The fourth-order valence-electron chi connectivity index (χ4n) is 2.54. The predicted molar refractivity (Wildman–Crippen MR) is 85.2 cm³/mol. The van der Waals surface area contributed by atoms with Crippen molar-refractivity contribution in [3.63, 3.8) is 0 Å². The van der Waals surface area contributed by atoms with Crippen molar-refractivity contribution in [2.75, 3.05) is 38.2 Å². The minimum absolute atomic E-state index is 0.465. The quantitative estimate of drug-likeness (QED) is 0.623. The van der Waals surface area contributed by atoms with Gasteiger partial charge in [-0.3, -0.25) is 0 Å². The summed E-state index contributed by atoms with van der Waals surface area (Å²) in [4.78, 5) is 0. The summed E-state index contributed by atoms with van der Waals surface area (Å²) in [6, 6.07) is 0.701. The zero-order valence-electron chi connectivity index (χ0n) is 12.3. The summed E-state index contributed by atoms with van der Waals surface area (Å²) in [5, 5.41) is 3.51. The van der Waals surface area contributed by atoms with Crippen molar-refractivity contribution in [1.29, 1.82) is 0 Å². The minimum atomic E-state index is -3.27. The molecule has 7 heteroatoms. The SMILES string of the molecule is CSCCCNS(=O)(=O)N1CCCC(CNC2CC2)C1. The van der Waals surface area contributed by atoms with E-state index in [9.17, 15) is 8.42 Å². The van der Waals surface area contributed by atoms with Crippen molar-refractivity contribution in [3.8, 4) is 0 Å². The number of hydrogen-bond donors (Lipinski definition) is 2. The summed E-state index contributed by atoms with van der Waals surface area (Å²) in [5.74, 6) is 1.46. The van der Waals surface area contributed by atoms with Gasteiger partial charge in [0, 0.05) is 25.7 Å². The number of rotatable bonds is 9. The van der Waals surface area contributed by atoms with Gasteiger partial charge in [0.25, 0.3) is 10.2 Å². The fourth-order valence-corrected chi connectivity index (χ4v) is 4.34. The Morgan fingerprint density at radius 1 is 1.30 bits per heavy atom. The van der Waals surface area contributed by atoms with Gasteiger partial charge in [-0.15, -0.1) is 0 Å². The van der Waals surface area contributed by atoms with E-state index in [2.05, 4.69) is 10.0 Å². The first-order valence-corrected chi connectivity index (χ1v) is 10.4. The standard InChI is InChI=1S/C13H27N3O2S2/c1-19-9-3-7-15-20(17,18)16-8-2-4-12(11-16)10-14-13-5-6-13/h12-15H,2-11H2,1H3. The van der Waals surface area contributed by atoms with Crippen molar-refractivity contribution in [3.05, 3.63) is 0 Å². The Morgan fingerprint density at radius 3 is 2.80 bits per heavy atom. The normalized spacial score (nSPS) is 24.9. The summed E-state index contributed by atoms with van der Waals surface area (Å²) in [7, 11) is -3.27. The maximum atomic E-state index is 12.2. The van der Waals surface area contributed by atoms with Gasteiger partial charge in [-0.1, -0.05) is 0 Å². The first-order chi connectivity index (χ1) is 9.62. The highest BCUT2D eigenvalue weighted by atomic mass is 32.2. The number of thioether (sulfide) groups is 1. The van der Waals surface area contributed by atoms with Gasteiger partial charge in [0.05, 0.1) is 0 Å². The van der Waals surface area contributed by atoms with E-state index >= 15 is 0 Å². The molecule has 1 aliphatic heterocycles. The monoisotopic (exact) mass is 321 g/mol. The smallest absolute Gasteiger partial charge is 0.279 e. The Kier molecular flexibility index (Phi) is 6.61. The fraction of sp³-hybridized carbons (Fsp3) is 1.00. The lowest BCUT2D eigenvalue weighted by Crippen LogP contribution is -2.48. The summed E-state index contributed by atoms with van der Waals surface area (Å²) in [5.41, 5.74) is 0. The molecule has 118 valence electrons. The average molecular weight is 322 g/mol. The molecule has 20 heavy (non-hydrogen) atoms. The Hall–Kier alpha value is 0.180. The molecule has 1 atom stereocenters. The predicted octanol–water partition coefficient (Wildman–Crippen LogP) is 1.04. The van der Waals surface area contributed by atoms with Crippen LogP contribution in [-0.2, 0) is 10.2 Å². The Labute approximate surface area is 127 Å². The lowest BCUT2D eigenvalue weighted by atomic mass is 10.00. The van der Waals surface area contributed by atoms with Gasteiger partial charge in [-0.2, -0.15) is 24.5 Å². The van der Waals surface area contributed by atoms with E-state index in [1.54, 1.807) is 16.1 Å². The third-order valence-electron chi connectivity index (χ3n) is 3.90. The van der Waals surface area contributed by atoms with Crippen LogP contribution in [0.25, 0.3) is 0 Å². The third-order valence-corrected chi connectivity index (χ3v) is 6.18. The summed E-state index contributed by atoms with van der Waals surface area (Å²) in [6.07, 6.45) is 7.61. The average Bonchev–Trinajstić information content (AvgIpc) is 3.26. The van der Waals surface area contributed by atoms with Crippen LogP contribution in [0.5, 0.6) is 0 Å². The molecule has 2 rings (SSSR count). The van der Waals surface area contributed by atoms with Gasteiger partial charge in [0.1, 0.15) is 0 Å². The maximum Gasteiger partial charge on any atom is 0.279 e. The van der Waals surface area contributed by atoms with Crippen LogP contribution in [0.4, 0.5) is 0 Å². The molecule has 1 unspecified atom stereocenters. The van der Waals surface area contributed by atoms with E-state index < -0.39 is 10.2 Å². The molecule has 1 saturated heterocycles. The molecule has 0 aromatic carbocycles. The molecule has 2 N–H and O–H groups in total. The number of piperidine rings is 1. The molecule has 5 nitrogen and oxygen atoms in total. The van der Waals surface area contributed by atoms with Gasteiger partial charge in [0.2, 0.25) is 0 Å². The highest BCUT2D eigenvalue weighted by molar-refractivity contribution is 7.98. The second kappa shape index (κ2) is 7.98. The van der Waals surface area contributed by atoms with Crippen LogP contribution in [0.15, 0.2) is 0 Å². The molecule has 0 amide bonds. The van der Waals surface area contributed by atoms with E-state index in [-0.39, 0.29) is 0 Å². The van der Waals surface area contributed by atoms with Gasteiger partial charge < -0.3 is 5.32 Å². The van der Waals surface area contributed by atoms with Crippen molar-refractivity contribution in [1.82, 2.24) is 14.3 Å². The second-order valence-electron chi connectivity index (χ2n) is 5.79. The molecule has 0 bridgehead atoms. The molecule has 1 aliphatic carbocycles. The number of hydrogen-bond acceptors (Lipinski definition) is 4. The second-order valence-corrected chi connectivity index (χ2v) is 8.54. The van der Waals surface area contributed by atoms with Gasteiger partial charge in [0.15, 0.2) is 0 Å². The van der Waals surface area contributed by atoms with Crippen LogP contribution >= 0.6 is 11.8 Å². The van der Waals surface area contributed by atoms with E-state index in [0.717, 1.165) is 31.6 Å². The lowest BCUT2D eigenvalue weighted by Gasteiger charge is -2.32. The zero-order chi connectivity index (χ0) is 14.4. The largest absolute Gasteiger partial charge is 0.314 e. The summed E-state index contributed by atoms with van der Waals surface area (Å²) < 4.78 is 28.8. The van der Waals surface area contributed by atoms with Crippen LogP contribution in [0.3, 0.4) is 0 Å². The van der Waals surface area contributed by atoms with Gasteiger partial charge in [-0.25, -0.2) is 4.72 Å². The van der Waals surface area contributed by atoms with Crippen LogP contribution in [-0.4, -0.2) is 57.0 Å². The molecule has 0 spiro atoms. The van der Waals surface area contributed by atoms with Gasteiger partial charge >= 0.3 is 0 Å².